The lowest BCUT2D eigenvalue weighted by molar-refractivity contribution is 1.29. The zero-order valence-electron chi connectivity index (χ0n) is 27.6. The van der Waals surface area contributed by atoms with Gasteiger partial charge in [0.25, 0.3) is 0 Å². The highest BCUT2D eigenvalue weighted by Gasteiger charge is 2.21. The molecule has 0 N–H and O–H groups in total. The number of hydrogen-bond donors (Lipinski definition) is 0. The lowest BCUT2D eigenvalue weighted by Gasteiger charge is -2.27. The number of para-hydroxylation sites is 2. The van der Waals surface area contributed by atoms with Gasteiger partial charge in [0.1, 0.15) is 0 Å². The second kappa shape index (κ2) is 11.9. The summed E-state index contributed by atoms with van der Waals surface area (Å²) in [5.41, 5.74) is 10.4. The number of aromatic nitrogens is 3. The molecule has 0 aliphatic heterocycles. The Bertz CT molecular complexity index is 2870. The largest absolute Gasteiger partial charge is 0.310 e. The molecule has 0 amide bonds. The molecule has 7 aromatic carbocycles. The first-order valence-electron chi connectivity index (χ1n) is 17.2. The molecule has 0 aliphatic carbocycles. The SMILES string of the molecule is c1ccc(-c2nc3cccc(N(c4ccccc4)c4ccccc4)c3c3c2ccc2c(-c4ccnc5c4ccc4cccnc45)cccc23)cc1. The Morgan fingerprint density at radius 2 is 1.06 bits per heavy atom. The lowest BCUT2D eigenvalue weighted by atomic mass is 9.90. The van der Waals surface area contributed by atoms with Gasteiger partial charge in [-0.05, 0) is 70.4 Å². The van der Waals surface area contributed by atoms with Crippen LogP contribution >= 0.6 is 0 Å². The summed E-state index contributed by atoms with van der Waals surface area (Å²) in [6.07, 6.45) is 3.75. The second-order valence-corrected chi connectivity index (χ2v) is 12.8. The second-order valence-electron chi connectivity index (χ2n) is 12.8. The molecule has 0 spiro atoms. The normalized spacial score (nSPS) is 11.5. The first-order valence-corrected chi connectivity index (χ1v) is 17.2. The van der Waals surface area contributed by atoms with E-state index in [0.29, 0.717) is 0 Å². The number of pyridine rings is 3. The Morgan fingerprint density at radius 1 is 0.392 bits per heavy atom. The molecule has 4 nitrogen and oxygen atoms in total. The number of fused-ring (bicyclic) bond motifs is 8. The number of benzene rings is 7. The molecule has 4 heteroatoms. The van der Waals surface area contributed by atoms with Crippen LogP contribution in [0, 0.1) is 0 Å². The van der Waals surface area contributed by atoms with Crippen LogP contribution in [-0.2, 0) is 0 Å². The predicted octanol–water partition coefficient (Wildman–Crippen LogP) is 12.4. The van der Waals surface area contributed by atoms with Crippen molar-refractivity contribution in [3.63, 3.8) is 0 Å². The van der Waals surface area contributed by atoms with E-state index in [0.717, 1.165) is 77.5 Å². The van der Waals surface area contributed by atoms with E-state index in [1.807, 2.05) is 18.5 Å². The van der Waals surface area contributed by atoms with Crippen LogP contribution in [0.25, 0.3) is 76.6 Å². The van der Waals surface area contributed by atoms with Crippen molar-refractivity contribution in [1.82, 2.24) is 15.0 Å². The van der Waals surface area contributed by atoms with E-state index in [2.05, 4.69) is 169 Å². The van der Waals surface area contributed by atoms with E-state index in [1.54, 1.807) is 0 Å². The van der Waals surface area contributed by atoms with Crippen molar-refractivity contribution in [2.24, 2.45) is 0 Å². The summed E-state index contributed by atoms with van der Waals surface area (Å²) in [7, 11) is 0. The van der Waals surface area contributed by atoms with E-state index in [-0.39, 0.29) is 0 Å². The molecular formula is C47H30N4. The molecular weight excluding hydrogens is 621 g/mol. The van der Waals surface area contributed by atoms with Gasteiger partial charge in [-0.2, -0.15) is 0 Å². The summed E-state index contributed by atoms with van der Waals surface area (Å²) in [5.74, 6) is 0. The summed E-state index contributed by atoms with van der Waals surface area (Å²) in [4.78, 5) is 17.3. The topological polar surface area (TPSA) is 41.9 Å². The maximum Gasteiger partial charge on any atom is 0.0970 e. The summed E-state index contributed by atoms with van der Waals surface area (Å²) in [6, 6.07) is 60.0. The minimum atomic E-state index is 0.910. The van der Waals surface area contributed by atoms with Crippen molar-refractivity contribution in [3.8, 4) is 22.4 Å². The van der Waals surface area contributed by atoms with Crippen molar-refractivity contribution in [2.45, 2.75) is 0 Å². The molecule has 0 saturated heterocycles. The molecule has 51 heavy (non-hydrogen) atoms. The molecule has 0 unspecified atom stereocenters. The van der Waals surface area contributed by atoms with E-state index in [4.69, 9.17) is 15.0 Å². The molecule has 0 fully saturated rings. The number of anilines is 3. The Kier molecular flexibility index (Phi) is 6.78. The monoisotopic (exact) mass is 650 g/mol. The predicted molar refractivity (Wildman–Crippen MR) is 213 cm³/mol. The van der Waals surface area contributed by atoms with E-state index >= 15 is 0 Å². The van der Waals surface area contributed by atoms with Crippen molar-refractivity contribution in [3.05, 3.63) is 182 Å². The highest BCUT2D eigenvalue weighted by Crippen LogP contribution is 2.46. The van der Waals surface area contributed by atoms with Crippen LogP contribution in [0.15, 0.2) is 182 Å². The molecule has 3 heterocycles. The fraction of sp³-hybridized carbons (Fsp3) is 0. The van der Waals surface area contributed by atoms with Crippen LogP contribution in [-0.4, -0.2) is 15.0 Å². The van der Waals surface area contributed by atoms with Crippen LogP contribution in [0.5, 0.6) is 0 Å². The molecule has 238 valence electrons. The molecule has 0 radical (unpaired) electrons. The summed E-state index contributed by atoms with van der Waals surface area (Å²) >= 11 is 0. The van der Waals surface area contributed by atoms with Gasteiger partial charge < -0.3 is 4.90 Å². The average Bonchev–Trinajstić information content (AvgIpc) is 3.21. The molecule has 10 rings (SSSR count). The summed E-state index contributed by atoms with van der Waals surface area (Å²) < 4.78 is 0. The Hall–Kier alpha value is -6.91. The van der Waals surface area contributed by atoms with Crippen LogP contribution in [0.1, 0.15) is 0 Å². The maximum atomic E-state index is 5.42. The molecule has 0 aliphatic rings. The fourth-order valence-electron chi connectivity index (χ4n) is 7.69. The first-order chi connectivity index (χ1) is 25.3. The van der Waals surface area contributed by atoms with E-state index in [1.165, 1.54) is 16.2 Å². The van der Waals surface area contributed by atoms with Crippen molar-refractivity contribution in [2.75, 3.05) is 4.90 Å². The Balaban J connectivity index is 1.34. The molecule has 0 atom stereocenters. The van der Waals surface area contributed by atoms with Gasteiger partial charge in [0.2, 0.25) is 0 Å². The molecule has 0 saturated carbocycles. The minimum absolute atomic E-state index is 0.910. The van der Waals surface area contributed by atoms with Gasteiger partial charge in [0, 0.05) is 56.3 Å². The van der Waals surface area contributed by atoms with Gasteiger partial charge in [-0.1, -0.05) is 121 Å². The van der Waals surface area contributed by atoms with Crippen molar-refractivity contribution >= 4 is 71.3 Å². The van der Waals surface area contributed by atoms with Crippen molar-refractivity contribution < 1.29 is 0 Å². The average molecular weight is 651 g/mol. The Morgan fingerprint density at radius 3 is 1.84 bits per heavy atom. The number of nitrogens with zero attached hydrogens (tertiary/aromatic N) is 4. The summed E-state index contributed by atoms with van der Waals surface area (Å²) in [5, 5.41) is 7.91. The third-order valence-corrected chi connectivity index (χ3v) is 9.91. The van der Waals surface area contributed by atoms with Gasteiger partial charge in [0.15, 0.2) is 0 Å². The smallest absolute Gasteiger partial charge is 0.0970 e. The molecule has 0 bridgehead atoms. The van der Waals surface area contributed by atoms with Gasteiger partial charge in [-0.3, -0.25) is 9.97 Å². The van der Waals surface area contributed by atoms with E-state index < -0.39 is 0 Å². The van der Waals surface area contributed by atoms with Crippen LogP contribution in [0.4, 0.5) is 17.1 Å². The zero-order valence-corrected chi connectivity index (χ0v) is 27.6. The summed E-state index contributed by atoms with van der Waals surface area (Å²) in [6.45, 7) is 0. The standard InChI is InChI=1S/C47H30N4/c1-4-13-31(14-5-1)45-40-27-26-36-35(37-28-30-49-47-39(37)25-24-32-15-12-29-48-46(32)47)20-10-21-38(36)43(40)44-41(50-45)22-11-23-42(44)51(33-16-6-2-7-17-33)34-18-8-3-9-19-34/h1-30H. The lowest BCUT2D eigenvalue weighted by Crippen LogP contribution is -2.10. The highest BCUT2D eigenvalue weighted by atomic mass is 15.1. The number of hydrogen-bond acceptors (Lipinski definition) is 4. The third-order valence-electron chi connectivity index (χ3n) is 9.91. The quantitative estimate of drug-likeness (QED) is 0.174. The van der Waals surface area contributed by atoms with Gasteiger partial charge in [-0.25, -0.2) is 4.98 Å². The van der Waals surface area contributed by atoms with Crippen LogP contribution in [0.3, 0.4) is 0 Å². The maximum absolute atomic E-state index is 5.42. The van der Waals surface area contributed by atoms with Crippen LogP contribution < -0.4 is 4.90 Å². The zero-order chi connectivity index (χ0) is 33.7. The first kappa shape index (κ1) is 29.0. The fourth-order valence-corrected chi connectivity index (χ4v) is 7.69. The van der Waals surface area contributed by atoms with Gasteiger partial charge in [0.05, 0.1) is 27.9 Å². The molecule has 10 aromatic rings. The third kappa shape index (κ3) is 4.72. The van der Waals surface area contributed by atoms with Gasteiger partial charge >= 0.3 is 0 Å². The van der Waals surface area contributed by atoms with Crippen molar-refractivity contribution in [1.29, 1.82) is 0 Å². The molecule has 3 aromatic heterocycles. The van der Waals surface area contributed by atoms with Crippen LogP contribution in [0.2, 0.25) is 0 Å². The minimum Gasteiger partial charge on any atom is -0.310 e. The Labute approximate surface area is 294 Å². The van der Waals surface area contributed by atoms with E-state index in [9.17, 15) is 0 Å². The highest BCUT2D eigenvalue weighted by molar-refractivity contribution is 6.28. The number of rotatable bonds is 5. The van der Waals surface area contributed by atoms with Gasteiger partial charge in [-0.15, -0.1) is 0 Å².